The Balaban J connectivity index is 1.90. The summed E-state index contributed by atoms with van der Waals surface area (Å²) < 4.78 is 38.5. The third-order valence-electron chi connectivity index (χ3n) is 3.68. The van der Waals surface area contributed by atoms with Gasteiger partial charge in [-0.2, -0.15) is 8.78 Å². The van der Waals surface area contributed by atoms with Crippen molar-refractivity contribution in [3.05, 3.63) is 59.7 Å². The van der Waals surface area contributed by atoms with Crippen LogP contribution in [0.15, 0.2) is 48.5 Å². The highest BCUT2D eigenvalue weighted by atomic mass is 19.3. The number of anilines is 1. The van der Waals surface area contributed by atoms with E-state index in [9.17, 15) is 18.4 Å². The first-order chi connectivity index (χ1) is 13.9. The molecule has 0 radical (unpaired) electrons. The molecule has 2 aromatic rings. The average molecular weight is 406 g/mol. The SMILES string of the molecule is COC(=O)Nc1ccc(CNC(=O)/C=C/c2ccc(OC(F)F)c(OC)c2)cc1. The Bertz CT molecular complexity index is 870. The fraction of sp³-hybridized carbons (Fsp3) is 0.200. The Kier molecular flexibility index (Phi) is 7.96. The molecule has 0 aromatic heterocycles. The maximum absolute atomic E-state index is 12.3. The highest BCUT2D eigenvalue weighted by Crippen LogP contribution is 2.29. The predicted molar refractivity (Wildman–Crippen MR) is 103 cm³/mol. The maximum Gasteiger partial charge on any atom is 0.411 e. The molecule has 0 heterocycles. The molecule has 0 saturated heterocycles. The van der Waals surface area contributed by atoms with Crippen LogP contribution in [0.3, 0.4) is 0 Å². The van der Waals surface area contributed by atoms with E-state index < -0.39 is 12.7 Å². The summed E-state index contributed by atoms with van der Waals surface area (Å²) in [6, 6.07) is 11.2. The van der Waals surface area contributed by atoms with Crippen molar-refractivity contribution in [3.63, 3.8) is 0 Å². The van der Waals surface area contributed by atoms with Gasteiger partial charge in [-0.25, -0.2) is 4.79 Å². The zero-order valence-electron chi connectivity index (χ0n) is 15.8. The van der Waals surface area contributed by atoms with E-state index in [1.54, 1.807) is 24.3 Å². The second-order valence-corrected chi connectivity index (χ2v) is 5.65. The standard InChI is InChI=1S/C20H20F2N2O5/c1-27-17-11-13(5-9-16(17)29-19(21)22)6-10-18(25)23-12-14-3-7-15(8-4-14)24-20(26)28-2/h3-11,19H,12H2,1-2H3,(H,23,25)(H,24,26)/b10-6+. The summed E-state index contributed by atoms with van der Waals surface area (Å²) >= 11 is 0. The molecule has 0 aliphatic carbocycles. The fourth-order valence-corrected chi connectivity index (χ4v) is 2.28. The van der Waals surface area contributed by atoms with Gasteiger partial charge in [0, 0.05) is 18.3 Å². The van der Waals surface area contributed by atoms with Crippen molar-refractivity contribution in [2.24, 2.45) is 0 Å². The number of halogens is 2. The molecular formula is C20H20F2N2O5. The molecule has 0 atom stereocenters. The van der Waals surface area contributed by atoms with E-state index in [0.717, 1.165) is 5.56 Å². The van der Waals surface area contributed by atoms with Gasteiger partial charge in [-0.1, -0.05) is 18.2 Å². The quantitative estimate of drug-likeness (QED) is 0.652. The fourth-order valence-electron chi connectivity index (χ4n) is 2.28. The lowest BCUT2D eigenvalue weighted by molar-refractivity contribution is -0.116. The van der Waals surface area contributed by atoms with Crippen LogP contribution in [0.2, 0.25) is 0 Å². The number of rotatable bonds is 8. The monoisotopic (exact) mass is 406 g/mol. The lowest BCUT2D eigenvalue weighted by Gasteiger charge is -2.10. The molecule has 0 bridgehead atoms. The smallest absolute Gasteiger partial charge is 0.411 e. The van der Waals surface area contributed by atoms with E-state index in [0.29, 0.717) is 11.3 Å². The first-order valence-electron chi connectivity index (χ1n) is 8.44. The molecule has 2 rings (SSSR count). The van der Waals surface area contributed by atoms with Crippen molar-refractivity contribution >= 4 is 23.8 Å². The van der Waals surface area contributed by atoms with E-state index in [1.807, 2.05) is 0 Å². The zero-order valence-corrected chi connectivity index (χ0v) is 15.8. The summed E-state index contributed by atoms with van der Waals surface area (Å²) in [7, 11) is 2.61. The molecule has 0 unspecified atom stereocenters. The van der Waals surface area contributed by atoms with Gasteiger partial charge in [0.1, 0.15) is 0 Å². The van der Waals surface area contributed by atoms with Gasteiger partial charge >= 0.3 is 12.7 Å². The molecular weight excluding hydrogens is 386 g/mol. The lowest BCUT2D eigenvalue weighted by Crippen LogP contribution is -2.20. The number of benzene rings is 2. The zero-order chi connectivity index (χ0) is 21.2. The van der Waals surface area contributed by atoms with E-state index in [-0.39, 0.29) is 24.0 Å². The third-order valence-corrected chi connectivity index (χ3v) is 3.68. The topological polar surface area (TPSA) is 85.9 Å². The lowest BCUT2D eigenvalue weighted by atomic mass is 10.2. The molecule has 2 amide bonds. The summed E-state index contributed by atoms with van der Waals surface area (Å²) in [6.07, 6.45) is 2.27. The number of carbonyl (C=O) groups excluding carboxylic acids is 2. The Labute approximate surface area is 166 Å². The number of hydrogen-bond donors (Lipinski definition) is 2. The van der Waals surface area contributed by atoms with Crippen LogP contribution in [0.5, 0.6) is 11.5 Å². The van der Waals surface area contributed by atoms with Crippen molar-refractivity contribution in [2.75, 3.05) is 19.5 Å². The Morgan fingerprint density at radius 1 is 1.07 bits per heavy atom. The number of carbonyl (C=O) groups is 2. The van der Waals surface area contributed by atoms with Gasteiger partial charge in [-0.3, -0.25) is 10.1 Å². The summed E-state index contributed by atoms with van der Waals surface area (Å²) in [6.45, 7) is -2.67. The molecule has 0 aliphatic heterocycles. The van der Waals surface area contributed by atoms with E-state index >= 15 is 0 Å². The van der Waals surface area contributed by atoms with Crippen LogP contribution in [-0.4, -0.2) is 32.8 Å². The summed E-state index contributed by atoms with van der Waals surface area (Å²) in [4.78, 5) is 23.1. The van der Waals surface area contributed by atoms with Crippen LogP contribution in [-0.2, 0) is 16.1 Å². The summed E-state index contributed by atoms with van der Waals surface area (Å²) in [5.41, 5.74) is 1.98. The number of alkyl halides is 2. The molecule has 0 spiro atoms. The second-order valence-electron chi connectivity index (χ2n) is 5.65. The number of ether oxygens (including phenoxy) is 3. The Morgan fingerprint density at radius 2 is 1.79 bits per heavy atom. The normalized spacial score (nSPS) is 10.7. The van der Waals surface area contributed by atoms with Gasteiger partial charge in [0.05, 0.1) is 14.2 Å². The number of nitrogens with one attached hydrogen (secondary N) is 2. The van der Waals surface area contributed by atoms with Gasteiger partial charge in [0.2, 0.25) is 5.91 Å². The highest BCUT2D eigenvalue weighted by molar-refractivity contribution is 5.91. The number of methoxy groups -OCH3 is 2. The van der Waals surface area contributed by atoms with E-state index in [4.69, 9.17) is 4.74 Å². The number of hydrogen-bond acceptors (Lipinski definition) is 5. The summed E-state index contributed by atoms with van der Waals surface area (Å²) in [5.74, 6) is -0.295. The highest BCUT2D eigenvalue weighted by Gasteiger charge is 2.10. The molecule has 2 aromatic carbocycles. The van der Waals surface area contributed by atoms with Crippen molar-refractivity contribution in [1.29, 1.82) is 0 Å². The third kappa shape index (κ3) is 7.13. The predicted octanol–water partition coefficient (Wildman–Crippen LogP) is 3.80. The average Bonchev–Trinajstić information content (AvgIpc) is 2.72. The minimum Gasteiger partial charge on any atom is -0.493 e. The Morgan fingerprint density at radius 3 is 2.41 bits per heavy atom. The van der Waals surface area contributed by atoms with Crippen LogP contribution >= 0.6 is 0 Å². The van der Waals surface area contributed by atoms with Crippen LogP contribution in [0.1, 0.15) is 11.1 Å². The maximum atomic E-state index is 12.3. The van der Waals surface area contributed by atoms with Crippen molar-refractivity contribution in [3.8, 4) is 11.5 Å². The molecule has 29 heavy (non-hydrogen) atoms. The molecule has 154 valence electrons. The van der Waals surface area contributed by atoms with Crippen molar-refractivity contribution in [2.45, 2.75) is 13.2 Å². The van der Waals surface area contributed by atoms with Gasteiger partial charge in [-0.05, 0) is 41.5 Å². The van der Waals surface area contributed by atoms with E-state index in [1.165, 1.54) is 44.6 Å². The largest absolute Gasteiger partial charge is 0.493 e. The van der Waals surface area contributed by atoms with Crippen LogP contribution in [0.4, 0.5) is 19.3 Å². The molecule has 7 nitrogen and oxygen atoms in total. The minimum absolute atomic E-state index is 0.0887. The van der Waals surface area contributed by atoms with Gasteiger partial charge in [0.15, 0.2) is 11.5 Å². The molecule has 0 fully saturated rings. The molecule has 9 heteroatoms. The number of amides is 2. The first kappa shape index (κ1) is 21.7. The van der Waals surface area contributed by atoms with Gasteiger partial charge < -0.3 is 19.5 Å². The molecule has 0 saturated carbocycles. The Hall–Kier alpha value is -3.62. The van der Waals surface area contributed by atoms with Gasteiger partial charge in [-0.15, -0.1) is 0 Å². The van der Waals surface area contributed by atoms with Gasteiger partial charge in [0.25, 0.3) is 0 Å². The van der Waals surface area contributed by atoms with Crippen molar-refractivity contribution < 1.29 is 32.6 Å². The van der Waals surface area contributed by atoms with Crippen LogP contribution in [0.25, 0.3) is 6.08 Å². The molecule has 0 aliphatic rings. The van der Waals surface area contributed by atoms with Crippen LogP contribution < -0.4 is 20.1 Å². The second kappa shape index (κ2) is 10.6. The minimum atomic E-state index is -2.96. The van der Waals surface area contributed by atoms with Crippen LogP contribution in [0, 0.1) is 0 Å². The molecule has 2 N–H and O–H groups in total. The first-order valence-corrected chi connectivity index (χ1v) is 8.44. The van der Waals surface area contributed by atoms with E-state index in [2.05, 4.69) is 20.1 Å². The summed E-state index contributed by atoms with van der Waals surface area (Å²) in [5, 5.41) is 5.24. The van der Waals surface area contributed by atoms with Crippen molar-refractivity contribution in [1.82, 2.24) is 5.32 Å².